The minimum Gasteiger partial charge on any atom is -0.491 e. The molecule has 5 nitrogen and oxygen atoms in total. The van der Waals surface area contributed by atoms with Gasteiger partial charge in [0.05, 0.1) is 29.9 Å². The Morgan fingerprint density at radius 2 is 1.82 bits per heavy atom. The van der Waals surface area contributed by atoms with Crippen molar-refractivity contribution in [3.8, 4) is 5.75 Å². The van der Waals surface area contributed by atoms with Gasteiger partial charge in [-0.05, 0) is 42.3 Å². The summed E-state index contributed by atoms with van der Waals surface area (Å²) in [4.78, 5) is 8.15. The van der Waals surface area contributed by atoms with Crippen LogP contribution >= 0.6 is 11.6 Å². The van der Waals surface area contributed by atoms with E-state index in [9.17, 15) is 4.39 Å². The Balaban J connectivity index is 1.63. The second-order valence-corrected chi connectivity index (χ2v) is 8.89. The smallest absolute Gasteiger partial charge is 0.187 e. The molecular weight excluding hydrogens is 453 g/mol. The molecule has 4 rings (SSSR count). The lowest BCUT2D eigenvalue weighted by molar-refractivity contribution is 0.187. The first-order valence-corrected chi connectivity index (χ1v) is 11.6. The Kier molecular flexibility index (Phi) is 7.69. The molecule has 3 aromatic rings. The van der Waals surface area contributed by atoms with Crippen LogP contribution in [0.15, 0.2) is 66.7 Å². The number of halogens is 2. The summed E-state index contributed by atoms with van der Waals surface area (Å²) in [6.07, 6.45) is 0. The molecule has 1 fully saturated rings. The molecule has 176 valence electrons. The van der Waals surface area contributed by atoms with Crippen molar-refractivity contribution in [2.24, 2.45) is 0 Å². The Hall–Kier alpha value is -3.11. The van der Waals surface area contributed by atoms with Crippen molar-refractivity contribution in [3.63, 3.8) is 0 Å². The van der Waals surface area contributed by atoms with Crippen molar-refractivity contribution in [1.29, 1.82) is 0 Å². The van der Waals surface area contributed by atoms with Gasteiger partial charge in [0.25, 0.3) is 0 Å². The third kappa shape index (κ3) is 5.51. The third-order valence-electron chi connectivity index (χ3n) is 6.05. The summed E-state index contributed by atoms with van der Waals surface area (Å²) in [7, 11) is 0. The Morgan fingerprint density at radius 1 is 1.09 bits per heavy atom. The summed E-state index contributed by atoms with van der Waals surface area (Å²) in [5.74, 6) is 0.342. The van der Waals surface area contributed by atoms with Gasteiger partial charge in [0, 0.05) is 31.7 Å². The number of hydrogen-bond donors (Lipinski definition) is 1. The first kappa shape index (κ1) is 24.0. The molecule has 0 aliphatic carbocycles. The second-order valence-electron chi connectivity index (χ2n) is 8.48. The lowest BCUT2D eigenvalue weighted by Gasteiger charge is -2.47. The van der Waals surface area contributed by atoms with E-state index in [0.29, 0.717) is 16.5 Å². The van der Waals surface area contributed by atoms with Gasteiger partial charge in [-0.2, -0.15) is 0 Å². The van der Waals surface area contributed by atoms with E-state index in [1.807, 2.05) is 48.5 Å². The van der Waals surface area contributed by atoms with Gasteiger partial charge in [0.2, 0.25) is 0 Å². The maximum absolute atomic E-state index is 13.7. The van der Waals surface area contributed by atoms with E-state index in [4.69, 9.17) is 28.0 Å². The molecule has 0 radical (unpaired) electrons. The van der Waals surface area contributed by atoms with Crippen molar-refractivity contribution in [2.45, 2.75) is 25.6 Å². The Labute approximate surface area is 204 Å². The minimum atomic E-state index is -0.265. The highest BCUT2D eigenvalue weighted by Gasteiger charge is 2.34. The van der Waals surface area contributed by atoms with Crippen LogP contribution < -0.4 is 9.64 Å². The number of ether oxygens (including phenoxy) is 1. The van der Waals surface area contributed by atoms with Gasteiger partial charge in [-0.1, -0.05) is 48.0 Å². The maximum atomic E-state index is 13.7. The quantitative estimate of drug-likeness (QED) is 0.431. The highest BCUT2D eigenvalue weighted by atomic mass is 35.5. The average Bonchev–Trinajstić information content (AvgIpc) is 2.84. The fourth-order valence-corrected chi connectivity index (χ4v) is 4.81. The molecule has 34 heavy (non-hydrogen) atoms. The van der Waals surface area contributed by atoms with Crippen LogP contribution in [0, 0.1) is 12.4 Å². The molecule has 1 aliphatic heterocycles. The van der Waals surface area contributed by atoms with Crippen LogP contribution in [0.25, 0.3) is 4.85 Å². The van der Waals surface area contributed by atoms with E-state index in [-0.39, 0.29) is 31.1 Å². The molecular formula is C27H27ClFN3O2. The van der Waals surface area contributed by atoms with E-state index in [0.717, 1.165) is 36.4 Å². The van der Waals surface area contributed by atoms with E-state index >= 15 is 0 Å². The lowest BCUT2D eigenvalue weighted by Crippen LogP contribution is -2.53. The fourth-order valence-electron chi connectivity index (χ4n) is 4.55. The van der Waals surface area contributed by atoms with Crippen LogP contribution in [-0.2, 0) is 6.54 Å². The molecule has 3 aromatic carbocycles. The van der Waals surface area contributed by atoms with Crippen LogP contribution in [0.3, 0.4) is 0 Å². The third-order valence-corrected chi connectivity index (χ3v) is 6.35. The molecule has 1 heterocycles. The molecule has 2 atom stereocenters. The number of piperazine rings is 1. The van der Waals surface area contributed by atoms with Gasteiger partial charge in [-0.25, -0.2) is 9.24 Å². The highest BCUT2D eigenvalue weighted by molar-refractivity contribution is 6.33. The second kappa shape index (κ2) is 10.9. The lowest BCUT2D eigenvalue weighted by atomic mass is 9.97. The van der Waals surface area contributed by atoms with Gasteiger partial charge >= 0.3 is 0 Å². The first-order valence-electron chi connectivity index (χ1n) is 11.2. The molecule has 0 bridgehead atoms. The number of hydrogen-bond acceptors (Lipinski definition) is 4. The zero-order chi connectivity index (χ0) is 24.1. The number of benzene rings is 3. The summed E-state index contributed by atoms with van der Waals surface area (Å²) >= 11 is 6.70. The summed E-state index contributed by atoms with van der Waals surface area (Å²) in [5.41, 5.74) is 3.68. The summed E-state index contributed by atoms with van der Waals surface area (Å²) in [5, 5.41) is 9.58. The molecule has 7 heteroatoms. The molecule has 0 unspecified atom stereocenters. The van der Waals surface area contributed by atoms with Crippen LogP contribution in [0.1, 0.15) is 24.1 Å². The number of aliphatic hydroxyl groups excluding tert-OH is 1. The molecule has 1 aliphatic rings. The van der Waals surface area contributed by atoms with Gasteiger partial charge in [-0.3, -0.25) is 4.90 Å². The number of anilines is 1. The van der Waals surface area contributed by atoms with E-state index in [1.165, 1.54) is 12.1 Å². The molecule has 0 amide bonds. The van der Waals surface area contributed by atoms with Crippen LogP contribution in [0.4, 0.5) is 15.8 Å². The predicted molar refractivity (Wildman–Crippen MR) is 133 cm³/mol. The Morgan fingerprint density at radius 3 is 2.47 bits per heavy atom. The fraction of sp³-hybridized carbons (Fsp3) is 0.296. The van der Waals surface area contributed by atoms with Crippen molar-refractivity contribution < 1.29 is 14.2 Å². The summed E-state index contributed by atoms with van der Waals surface area (Å²) in [6.45, 7) is 11.8. The zero-order valence-electron chi connectivity index (χ0n) is 19.0. The van der Waals surface area contributed by atoms with Crippen molar-refractivity contribution >= 4 is 23.0 Å². The predicted octanol–water partition coefficient (Wildman–Crippen LogP) is 5.85. The molecule has 1 N–H and O–H groups in total. The summed E-state index contributed by atoms with van der Waals surface area (Å²) < 4.78 is 19.2. The molecule has 0 aromatic heterocycles. The number of nitrogens with zero attached hydrogens (tertiary/aromatic N) is 3. The normalized spacial score (nSPS) is 18.5. The van der Waals surface area contributed by atoms with Crippen LogP contribution in [-0.4, -0.2) is 42.4 Å². The van der Waals surface area contributed by atoms with E-state index in [1.54, 1.807) is 6.07 Å². The SMILES string of the molecule is [C-]#[N+]c1ccc(CN2C[C@@H](C)N(c3ccc(OCCO)cc3Cl)[C@H](c3ccc(F)cc3)C2)cc1. The van der Waals surface area contributed by atoms with Crippen LogP contribution in [0.2, 0.25) is 5.02 Å². The van der Waals surface area contributed by atoms with Crippen molar-refractivity contribution in [2.75, 3.05) is 31.2 Å². The van der Waals surface area contributed by atoms with Crippen molar-refractivity contribution in [3.05, 3.63) is 100 Å². The van der Waals surface area contributed by atoms with Crippen LogP contribution in [0.5, 0.6) is 5.75 Å². The number of rotatable bonds is 7. The largest absolute Gasteiger partial charge is 0.491 e. The molecule has 0 spiro atoms. The molecule has 1 saturated heterocycles. The maximum Gasteiger partial charge on any atom is 0.187 e. The summed E-state index contributed by atoms with van der Waals surface area (Å²) in [6, 6.07) is 20.0. The van der Waals surface area contributed by atoms with Gasteiger partial charge in [-0.15, -0.1) is 0 Å². The Bertz CT molecular complexity index is 1150. The van der Waals surface area contributed by atoms with Crippen molar-refractivity contribution in [1.82, 2.24) is 4.90 Å². The van der Waals surface area contributed by atoms with E-state index in [2.05, 4.69) is 21.6 Å². The average molecular weight is 480 g/mol. The topological polar surface area (TPSA) is 40.3 Å². The van der Waals surface area contributed by atoms with Gasteiger partial charge in [0.1, 0.15) is 18.2 Å². The number of aliphatic hydroxyl groups is 1. The monoisotopic (exact) mass is 479 g/mol. The standard InChI is InChI=1S/C27H27ClFN3O2/c1-19-16-31(17-20-3-9-23(30-2)10-4-20)18-27(21-5-7-22(29)8-6-21)32(19)26-12-11-24(15-25(26)28)34-14-13-33/h3-12,15,19,27,33H,13-14,16-18H2,1H3/t19-,27+/m1/s1. The first-order chi connectivity index (χ1) is 16.5. The zero-order valence-corrected chi connectivity index (χ0v) is 19.8. The van der Waals surface area contributed by atoms with Gasteiger partial charge < -0.3 is 14.7 Å². The molecule has 0 saturated carbocycles. The minimum absolute atomic E-state index is 0.0337. The van der Waals surface area contributed by atoms with E-state index < -0.39 is 0 Å². The highest BCUT2D eigenvalue weighted by Crippen LogP contribution is 2.39. The van der Waals surface area contributed by atoms with Gasteiger partial charge in [0.15, 0.2) is 5.69 Å².